The third-order valence-corrected chi connectivity index (χ3v) is 3.07. The molecular formula is C15H17ClN2O2. The first-order valence-electron chi connectivity index (χ1n) is 6.27. The molecule has 0 fully saturated rings. The van der Waals surface area contributed by atoms with E-state index in [-0.39, 0.29) is 12.1 Å². The maximum Gasteiger partial charge on any atom is 0.140 e. The Morgan fingerprint density at radius 2 is 1.85 bits per heavy atom. The van der Waals surface area contributed by atoms with Crippen LogP contribution >= 0.6 is 11.6 Å². The molecule has 1 aromatic heterocycles. The highest BCUT2D eigenvalue weighted by Crippen LogP contribution is 2.26. The van der Waals surface area contributed by atoms with E-state index < -0.39 is 0 Å². The Morgan fingerprint density at radius 3 is 2.40 bits per heavy atom. The molecule has 20 heavy (non-hydrogen) atoms. The van der Waals surface area contributed by atoms with Crippen molar-refractivity contribution >= 4 is 11.6 Å². The summed E-state index contributed by atoms with van der Waals surface area (Å²) in [5.74, 6) is 1.39. The van der Waals surface area contributed by atoms with Crippen molar-refractivity contribution in [3.63, 3.8) is 0 Å². The fourth-order valence-corrected chi connectivity index (χ4v) is 2.04. The summed E-state index contributed by atoms with van der Waals surface area (Å²) in [6.07, 6.45) is 2.90. The molecule has 0 amide bonds. The van der Waals surface area contributed by atoms with Crippen molar-refractivity contribution < 1.29 is 9.47 Å². The zero-order valence-electron chi connectivity index (χ0n) is 11.4. The quantitative estimate of drug-likeness (QED) is 0.919. The number of methoxy groups -OCH3 is 1. The van der Waals surface area contributed by atoms with E-state index in [0.29, 0.717) is 10.8 Å². The normalized spacial score (nSPS) is 13.6. The van der Waals surface area contributed by atoms with Crippen molar-refractivity contribution in [3.8, 4) is 11.5 Å². The number of ether oxygens (including phenoxy) is 2. The van der Waals surface area contributed by atoms with Crippen LogP contribution in [0.1, 0.15) is 18.6 Å². The molecule has 0 aliphatic carbocycles. The van der Waals surface area contributed by atoms with E-state index >= 15 is 0 Å². The van der Waals surface area contributed by atoms with Gasteiger partial charge < -0.3 is 15.2 Å². The smallest absolute Gasteiger partial charge is 0.140 e. The first-order chi connectivity index (χ1) is 9.60. The molecule has 1 aromatic carbocycles. The Morgan fingerprint density at radius 1 is 1.15 bits per heavy atom. The number of rotatable bonds is 5. The summed E-state index contributed by atoms with van der Waals surface area (Å²) in [6, 6.07) is 9.17. The van der Waals surface area contributed by atoms with E-state index in [1.54, 1.807) is 25.6 Å². The van der Waals surface area contributed by atoms with E-state index in [4.69, 9.17) is 26.8 Å². The molecule has 5 heteroatoms. The van der Waals surface area contributed by atoms with Crippen LogP contribution in [0.2, 0.25) is 5.02 Å². The summed E-state index contributed by atoms with van der Waals surface area (Å²) >= 11 is 5.90. The van der Waals surface area contributed by atoms with Crippen molar-refractivity contribution in [3.05, 3.63) is 53.3 Å². The third kappa shape index (κ3) is 3.62. The average molecular weight is 293 g/mol. The monoisotopic (exact) mass is 292 g/mol. The van der Waals surface area contributed by atoms with Gasteiger partial charge in [0.15, 0.2) is 0 Å². The van der Waals surface area contributed by atoms with Crippen LogP contribution in [0.15, 0.2) is 42.7 Å². The van der Waals surface area contributed by atoms with Gasteiger partial charge in [0, 0.05) is 18.3 Å². The van der Waals surface area contributed by atoms with Crippen molar-refractivity contribution in [1.82, 2.24) is 4.98 Å². The van der Waals surface area contributed by atoms with Crippen LogP contribution in [0.25, 0.3) is 0 Å². The summed E-state index contributed by atoms with van der Waals surface area (Å²) in [7, 11) is 1.63. The lowest BCUT2D eigenvalue weighted by atomic mass is 10.0. The Bertz CT molecular complexity index is 558. The largest absolute Gasteiger partial charge is 0.497 e. The van der Waals surface area contributed by atoms with Crippen LogP contribution in [-0.4, -0.2) is 18.1 Å². The van der Waals surface area contributed by atoms with Gasteiger partial charge in [-0.15, -0.1) is 0 Å². The van der Waals surface area contributed by atoms with Gasteiger partial charge in [0.1, 0.15) is 17.6 Å². The minimum absolute atomic E-state index is 0.178. The van der Waals surface area contributed by atoms with Gasteiger partial charge in [-0.2, -0.15) is 0 Å². The van der Waals surface area contributed by atoms with Crippen LogP contribution in [0.4, 0.5) is 0 Å². The van der Waals surface area contributed by atoms with Gasteiger partial charge >= 0.3 is 0 Å². The molecule has 0 bridgehead atoms. The van der Waals surface area contributed by atoms with E-state index in [1.165, 1.54) is 0 Å². The highest BCUT2D eigenvalue weighted by Gasteiger charge is 2.18. The van der Waals surface area contributed by atoms with Gasteiger partial charge in [0.25, 0.3) is 0 Å². The van der Waals surface area contributed by atoms with Crippen LogP contribution in [0, 0.1) is 0 Å². The lowest BCUT2D eigenvalue weighted by molar-refractivity contribution is 0.179. The molecular weight excluding hydrogens is 276 g/mol. The van der Waals surface area contributed by atoms with Crippen molar-refractivity contribution in [2.24, 2.45) is 5.73 Å². The van der Waals surface area contributed by atoms with E-state index in [1.807, 2.05) is 31.2 Å². The zero-order chi connectivity index (χ0) is 14.5. The number of pyridine rings is 1. The number of nitrogens with zero attached hydrogens (tertiary/aromatic N) is 1. The number of halogens is 1. The fourth-order valence-electron chi connectivity index (χ4n) is 1.88. The molecule has 1 heterocycles. The summed E-state index contributed by atoms with van der Waals surface area (Å²) in [5.41, 5.74) is 6.99. The SMILES string of the molecule is COc1ccc(C(Oc2cncc(Cl)c2)C(C)N)cc1. The second-order valence-corrected chi connectivity index (χ2v) is 4.95. The van der Waals surface area contributed by atoms with Crippen LogP contribution in [0.5, 0.6) is 11.5 Å². The van der Waals surface area contributed by atoms with Gasteiger partial charge in [-0.1, -0.05) is 23.7 Å². The fraction of sp³-hybridized carbons (Fsp3) is 0.267. The topological polar surface area (TPSA) is 57.4 Å². The second-order valence-electron chi connectivity index (χ2n) is 4.51. The number of aromatic nitrogens is 1. The zero-order valence-corrected chi connectivity index (χ0v) is 12.2. The standard InChI is InChI=1S/C15H17ClN2O2/c1-10(17)15(11-3-5-13(19-2)6-4-11)20-14-7-12(16)8-18-9-14/h3-10,15H,17H2,1-2H3. The number of hydrogen-bond acceptors (Lipinski definition) is 4. The van der Waals surface area contributed by atoms with Gasteiger partial charge in [-0.25, -0.2) is 0 Å². The molecule has 106 valence electrons. The highest BCUT2D eigenvalue weighted by atomic mass is 35.5. The predicted molar refractivity (Wildman–Crippen MR) is 79.3 cm³/mol. The maximum absolute atomic E-state index is 6.02. The van der Waals surface area contributed by atoms with Crippen molar-refractivity contribution in [1.29, 1.82) is 0 Å². The van der Waals surface area contributed by atoms with Gasteiger partial charge in [0.2, 0.25) is 0 Å². The molecule has 4 nitrogen and oxygen atoms in total. The molecule has 2 N–H and O–H groups in total. The van der Waals surface area contributed by atoms with Gasteiger partial charge in [-0.05, 0) is 24.6 Å². The molecule has 0 spiro atoms. The average Bonchev–Trinajstić information content (AvgIpc) is 2.45. The Kier molecular flexibility index (Phi) is 4.82. The Hall–Kier alpha value is -1.78. The van der Waals surface area contributed by atoms with Crippen LogP contribution in [0.3, 0.4) is 0 Å². The predicted octanol–water partition coefficient (Wildman–Crippen LogP) is 3.21. The van der Waals surface area contributed by atoms with E-state index in [0.717, 1.165) is 11.3 Å². The number of nitrogens with two attached hydrogens (primary N) is 1. The maximum atomic E-state index is 6.02. The first-order valence-corrected chi connectivity index (χ1v) is 6.64. The van der Waals surface area contributed by atoms with Crippen molar-refractivity contribution in [2.45, 2.75) is 19.1 Å². The lowest BCUT2D eigenvalue weighted by Gasteiger charge is -2.23. The Labute approximate surface area is 123 Å². The van der Waals surface area contributed by atoms with Gasteiger partial charge in [-0.3, -0.25) is 4.98 Å². The first kappa shape index (κ1) is 14.6. The molecule has 2 rings (SSSR count). The molecule has 2 atom stereocenters. The number of benzene rings is 1. The molecule has 2 unspecified atom stereocenters. The minimum Gasteiger partial charge on any atom is -0.497 e. The molecule has 2 aromatic rings. The van der Waals surface area contributed by atoms with Crippen LogP contribution < -0.4 is 15.2 Å². The molecule has 0 aliphatic rings. The summed E-state index contributed by atoms with van der Waals surface area (Å²) < 4.78 is 11.0. The lowest BCUT2D eigenvalue weighted by Crippen LogP contribution is -2.29. The minimum atomic E-state index is -0.277. The highest BCUT2D eigenvalue weighted by molar-refractivity contribution is 6.30. The second kappa shape index (κ2) is 6.59. The summed E-state index contributed by atoms with van der Waals surface area (Å²) in [6.45, 7) is 1.90. The third-order valence-electron chi connectivity index (χ3n) is 2.86. The van der Waals surface area contributed by atoms with Gasteiger partial charge in [0.05, 0.1) is 18.3 Å². The molecule has 0 saturated heterocycles. The van der Waals surface area contributed by atoms with E-state index in [9.17, 15) is 0 Å². The molecule has 0 aliphatic heterocycles. The Balaban J connectivity index is 2.22. The van der Waals surface area contributed by atoms with E-state index in [2.05, 4.69) is 4.98 Å². The molecule has 0 radical (unpaired) electrons. The van der Waals surface area contributed by atoms with Crippen molar-refractivity contribution in [2.75, 3.05) is 7.11 Å². The molecule has 0 saturated carbocycles. The summed E-state index contributed by atoms with van der Waals surface area (Å²) in [5, 5.41) is 0.528. The number of hydrogen-bond donors (Lipinski definition) is 1. The van der Waals surface area contributed by atoms with Crippen LogP contribution in [-0.2, 0) is 0 Å². The summed E-state index contributed by atoms with van der Waals surface area (Å²) in [4.78, 5) is 4.00.